The average molecular weight is 257 g/mol. The molecule has 1 fully saturated rings. The van der Waals surface area contributed by atoms with E-state index in [0.717, 1.165) is 19.3 Å². The Morgan fingerprint density at radius 3 is 2.71 bits per heavy atom. The van der Waals surface area contributed by atoms with Gasteiger partial charge in [0.2, 0.25) is 5.91 Å². The minimum absolute atomic E-state index is 0.200. The standard InChI is InChI=1S/C12H14ClFN2O/c13-8-4-9(14)6-10(5-8)16-11(17)7-12(15)2-1-3-12/h4-6H,1-3,7,15H2,(H,16,17). The van der Waals surface area contributed by atoms with Crippen molar-refractivity contribution in [3.05, 3.63) is 29.0 Å². The Bertz CT molecular complexity index is 426. The third-order valence-corrected chi connectivity index (χ3v) is 3.23. The second kappa shape index (κ2) is 4.63. The van der Waals surface area contributed by atoms with Gasteiger partial charge in [-0.05, 0) is 37.5 Å². The zero-order valence-electron chi connectivity index (χ0n) is 9.30. The highest BCUT2D eigenvalue weighted by atomic mass is 35.5. The highest BCUT2D eigenvalue weighted by Gasteiger charge is 2.34. The molecule has 2 rings (SSSR count). The van der Waals surface area contributed by atoms with Crippen molar-refractivity contribution in [1.29, 1.82) is 0 Å². The largest absolute Gasteiger partial charge is 0.326 e. The highest BCUT2D eigenvalue weighted by Crippen LogP contribution is 2.32. The SMILES string of the molecule is NC1(CC(=O)Nc2cc(F)cc(Cl)c2)CCC1. The first-order chi connectivity index (χ1) is 7.97. The van der Waals surface area contributed by atoms with Crippen molar-refractivity contribution in [2.24, 2.45) is 5.73 Å². The zero-order chi connectivity index (χ0) is 12.5. The van der Waals surface area contributed by atoms with E-state index in [9.17, 15) is 9.18 Å². The van der Waals surface area contributed by atoms with Crippen LogP contribution >= 0.6 is 11.6 Å². The topological polar surface area (TPSA) is 55.1 Å². The number of nitrogens with two attached hydrogens (primary N) is 1. The molecule has 0 aromatic heterocycles. The van der Waals surface area contributed by atoms with Gasteiger partial charge in [0, 0.05) is 22.7 Å². The molecule has 0 bridgehead atoms. The molecular weight excluding hydrogens is 243 g/mol. The number of benzene rings is 1. The van der Waals surface area contributed by atoms with Crippen LogP contribution in [-0.2, 0) is 4.79 Å². The number of carbonyl (C=O) groups excluding carboxylic acids is 1. The number of rotatable bonds is 3. The minimum atomic E-state index is -0.473. The number of anilines is 1. The summed E-state index contributed by atoms with van der Waals surface area (Å²) in [7, 11) is 0. The first kappa shape index (κ1) is 12.3. The van der Waals surface area contributed by atoms with Crippen LogP contribution in [0.5, 0.6) is 0 Å². The molecule has 1 saturated carbocycles. The fourth-order valence-corrected chi connectivity index (χ4v) is 2.18. The van der Waals surface area contributed by atoms with Gasteiger partial charge >= 0.3 is 0 Å². The lowest BCUT2D eigenvalue weighted by Crippen LogP contribution is -2.48. The predicted molar refractivity (Wildman–Crippen MR) is 65.4 cm³/mol. The van der Waals surface area contributed by atoms with Crippen LogP contribution in [0.3, 0.4) is 0 Å². The molecule has 1 amide bonds. The maximum atomic E-state index is 13.0. The number of hydrogen-bond acceptors (Lipinski definition) is 2. The summed E-state index contributed by atoms with van der Waals surface area (Å²) >= 11 is 5.69. The van der Waals surface area contributed by atoms with Crippen LogP contribution < -0.4 is 11.1 Å². The summed E-state index contributed by atoms with van der Waals surface area (Å²) in [5, 5.41) is 2.86. The maximum absolute atomic E-state index is 13.0. The number of carbonyl (C=O) groups is 1. The van der Waals surface area contributed by atoms with Crippen molar-refractivity contribution < 1.29 is 9.18 Å². The van der Waals surface area contributed by atoms with Gasteiger partial charge < -0.3 is 11.1 Å². The van der Waals surface area contributed by atoms with E-state index >= 15 is 0 Å². The van der Waals surface area contributed by atoms with Crippen LogP contribution in [0.25, 0.3) is 0 Å². The van der Waals surface area contributed by atoms with Crippen LogP contribution in [-0.4, -0.2) is 11.4 Å². The first-order valence-corrected chi connectivity index (χ1v) is 5.89. The average Bonchev–Trinajstić information content (AvgIpc) is 2.12. The second-order valence-corrected chi connectivity index (χ2v) is 5.04. The summed E-state index contributed by atoms with van der Waals surface area (Å²) in [5.41, 5.74) is 5.95. The summed E-state index contributed by atoms with van der Waals surface area (Å²) in [6.45, 7) is 0. The second-order valence-electron chi connectivity index (χ2n) is 4.60. The number of amides is 1. The Morgan fingerprint density at radius 1 is 1.47 bits per heavy atom. The molecule has 3 N–H and O–H groups in total. The van der Waals surface area contributed by atoms with Crippen LogP contribution in [0.2, 0.25) is 5.02 Å². The van der Waals surface area contributed by atoms with Gasteiger partial charge in [0.25, 0.3) is 0 Å². The molecule has 3 nitrogen and oxygen atoms in total. The summed E-state index contributed by atoms with van der Waals surface area (Å²) in [5.74, 6) is -0.673. The molecule has 0 saturated heterocycles. The van der Waals surface area contributed by atoms with E-state index < -0.39 is 5.82 Å². The Morgan fingerprint density at radius 2 is 2.18 bits per heavy atom. The molecule has 0 atom stereocenters. The molecule has 5 heteroatoms. The molecule has 0 aliphatic heterocycles. The fraction of sp³-hybridized carbons (Fsp3) is 0.417. The quantitative estimate of drug-likeness (QED) is 0.874. The van der Waals surface area contributed by atoms with E-state index in [1.165, 1.54) is 18.2 Å². The van der Waals surface area contributed by atoms with E-state index in [4.69, 9.17) is 17.3 Å². The normalized spacial score (nSPS) is 17.4. The van der Waals surface area contributed by atoms with Crippen molar-refractivity contribution in [2.75, 3.05) is 5.32 Å². The molecule has 0 heterocycles. The van der Waals surface area contributed by atoms with Crippen LogP contribution in [0, 0.1) is 5.82 Å². The minimum Gasteiger partial charge on any atom is -0.326 e. The van der Waals surface area contributed by atoms with Gasteiger partial charge in [-0.1, -0.05) is 11.6 Å². The van der Waals surface area contributed by atoms with Gasteiger partial charge in [-0.15, -0.1) is 0 Å². The van der Waals surface area contributed by atoms with E-state index in [1.54, 1.807) is 0 Å². The van der Waals surface area contributed by atoms with Crippen LogP contribution in [0.1, 0.15) is 25.7 Å². The third-order valence-electron chi connectivity index (χ3n) is 3.01. The van der Waals surface area contributed by atoms with Crippen molar-refractivity contribution in [2.45, 2.75) is 31.2 Å². The van der Waals surface area contributed by atoms with Gasteiger partial charge in [-0.3, -0.25) is 4.79 Å². The predicted octanol–water partition coefficient (Wildman–Crippen LogP) is 2.69. The van der Waals surface area contributed by atoms with Gasteiger partial charge in [-0.25, -0.2) is 4.39 Å². The molecule has 1 aromatic carbocycles. The highest BCUT2D eigenvalue weighted by molar-refractivity contribution is 6.30. The number of nitrogens with one attached hydrogen (secondary N) is 1. The lowest BCUT2D eigenvalue weighted by Gasteiger charge is -2.37. The van der Waals surface area contributed by atoms with Crippen molar-refractivity contribution in [3.63, 3.8) is 0 Å². The van der Waals surface area contributed by atoms with Gasteiger partial charge in [0.15, 0.2) is 0 Å². The van der Waals surface area contributed by atoms with Crippen LogP contribution in [0.15, 0.2) is 18.2 Å². The first-order valence-electron chi connectivity index (χ1n) is 5.52. The van der Waals surface area contributed by atoms with E-state index in [2.05, 4.69) is 5.32 Å². The van der Waals surface area contributed by atoms with Gasteiger partial charge in [0.05, 0.1) is 0 Å². The molecule has 0 radical (unpaired) electrons. The molecule has 92 valence electrons. The van der Waals surface area contributed by atoms with Crippen molar-refractivity contribution >= 4 is 23.2 Å². The smallest absolute Gasteiger partial charge is 0.226 e. The molecule has 1 aliphatic rings. The maximum Gasteiger partial charge on any atom is 0.226 e. The third kappa shape index (κ3) is 3.17. The van der Waals surface area contributed by atoms with Crippen molar-refractivity contribution in [3.8, 4) is 0 Å². The van der Waals surface area contributed by atoms with E-state index in [1.807, 2.05) is 0 Å². The molecule has 0 spiro atoms. The van der Waals surface area contributed by atoms with Crippen LogP contribution in [0.4, 0.5) is 10.1 Å². The van der Waals surface area contributed by atoms with Crippen molar-refractivity contribution in [1.82, 2.24) is 0 Å². The Labute approximate surface area is 104 Å². The van der Waals surface area contributed by atoms with E-state index in [0.29, 0.717) is 5.69 Å². The Kier molecular flexibility index (Phi) is 3.35. The lowest BCUT2D eigenvalue weighted by molar-refractivity contribution is -0.118. The molecule has 1 aromatic rings. The number of hydrogen-bond donors (Lipinski definition) is 2. The van der Waals surface area contributed by atoms with Gasteiger partial charge in [-0.2, -0.15) is 0 Å². The molecule has 17 heavy (non-hydrogen) atoms. The van der Waals surface area contributed by atoms with Gasteiger partial charge in [0.1, 0.15) is 5.82 Å². The molecule has 0 unspecified atom stereocenters. The molecular formula is C12H14ClFN2O. The van der Waals surface area contributed by atoms with E-state index in [-0.39, 0.29) is 22.9 Å². The summed E-state index contributed by atoms with van der Waals surface area (Å²) < 4.78 is 13.0. The summed E-state index contributed by atoms with van der Waals surface area (Å²) in [6, 6.07) is 3.92. The lowest BCUT2D eigenvalue weighted by atomic mass is 9.75. The Balaban J connectivity index is 1.98. The zero-order valence-corrected chi connectivity index (χ0v) is 10.1. The summed E-state index contributed by atoms with van der Waals surface area (Å²) in [6.07, 6.45) is 3.06. The monoisotopic (exact) mass is 256 g/mol. The summed E-state index contributed by atoms with van der Waals surface area (Å²) in [4.78, 5) is 11.7. The fourth-order valence-electron chi connectivity index (χ4n) is 1.96. The number of halogens is 2. The molecule has 1 aliphatic carbocycles. The Hall–Kier alpha value is -1.13.